The van der Waals surface area contributed by atoms with E-state index in [0.29, 0.717) is 19.6 Å². The van der Waals surface area contributed by atoms with Crippen LogP contribution in [0.3, 0.4) is 0 Å². The van der Waals surface area contributed by atoms with Crippen LogP contribution in [0.15, 0.2) is 0 Å². The highest BCUT2D eigenvalue weighted by atomic mass is 79.9. The highest BCUT2D eigenvalue weighted by molar-refractivity contribution is 9.09. The van der Waals surface area contributed by atoms with Gasteiger partial charge in [0.15, 0.2) is 0 Å². The number of nitrogens with two attached hydrogens (primary N) is 1. The van der Waals surface area contributed by atoms with E-state index >= 15 is 0 Å². The van der Waals surface area contributed by atoms with Gasteiger partial charge in [-0.1, -0.05) is 15.9 Å². The minimum Gasteiger partial charge on any atom is -0.381 e. The normalized spacial score (nSPS) is 9.70. The third kappa shape index (κ3) is 7.91. The van der Waals surface area contributed by atoms with Gasteiger partial charge in [0, 0.05) is 18.4 Å². The molecule has 0 saturated heterocycles. The third-order valence-electron chi connectivity index (χ3n) is 0.915. The maximum absolute atomic E-state index is 10.2. The summed E-state index contributed by atoms with van der Waals surface area (Å²) in [6.45, 7) is 1.14. The van der Waals surface area contributed by atoms with Crippen LogP contribution in [-0.2, 0) is 9.53 Å². The van der Waals surface area contributed by atoms with Crippen molar-refractivity contribution in [1.29, 1.82) is 0 Å². The van der Waals surface area contributed by atoms with Crippen molar-refractivity contribution in [3.8, 4) is 0 Å². The molecule has 1 amide bonds. The van der Waals surface area contributed by atoms with E-state index in [1.54, 1.807) is 0 Å². The summed E-state index contributed by atoms with van der Waals surface area (Å²) >= 11 is 3.26. The first-order chi connectivity index (χ1) is 4.77. The molecule has 0 aliphatic heterocycles. The molecular weight excluding hydrogens is 198 g/mol. The zero-order valence-corrected chi connectivity index (χ0v) is 7.39. The van der Waals surface area contributed by atoms with Crippen LogP contribution in [-0.4, -0.2) is 24.5 Å². The molecule has 0 aromatic rings. The van der Waals surface area contributed by atoms with Crippen molar-refractivity contribution in [2.45, 2.75) is 12.8 Å². The molecule has 0 heterocycles. The fraction of sp³-hybridized carbons (Fsp3) is 0.833. The molecule has 0 radical (unpaired) electrons. The summed E-state index contributed by atoms with van der Waals surface area (Å²) < 4.78 is 5.05. The summed E-state index contributed by atoms with van der Waals surface area (Å²) in [7, 11) is 0. The first kappa shape index (κ1) is 9.91. The zero-order valence-electron chi connectivity index (χ0n) is 5.81. The maximum atomic E-state index is 10.2. The molecule has 3 nitrogen and oxygen atoms in total. The molecule has 0 aromatic heterocycles. The highest BCUT2D eigenvalue weighted by Gasteiger charge is 1.92. The largest absolute Gasteiger partial charge is 0.381 e. The number of halogens is 1. The van der Waals surface area contributed by atoms with Gasteiger partial charge in [-0.3, -0.25) is 4.79 Å². The summed E-state index contributed by atoms with van der Waals surface area (Å²) in [4.78, 5) is 10.2. The van der Waals surface area contributed by atoms with Gasteiger partial charge in [-0.15, -0.1) is 0 Å². The molecule has 0 fully saturated rings. The quantitative estimate of drug-likeness (QED) is 0.517. The Labute approximate surface area is 69.0 Å². The molecule has 0 aliphatic carbocycles. The van der Waals surface area contributed by atoms with Gasteiger partial charge in [-0.25, -0.2) is 0 Å². The van der Waals surface area contributed by atoms with Gasteiger partial charge >= 0.3 is 0 Å². The smallest absolute Gasteiger partial charge is 0.219 e. The molecule has 4 heteroatoms. The summed E-state index contributed by atoms with van der Waals surface area (Å²) in [5.74, 6) is -0.307. The van der Waals surface area contributed by atoms with Crippen LogP contribution >= 0.6 is 15.9 Å². The van der Waals surface area contributed by atoms with E-state index < -0.39 is 0 Å². The second-order valence-electron chi connectivity index (χ2n) is 1.87. The molecule has 0 unspecified atom stereocenters. The van der Waals surface area contributed by atoms with Crippen LogP contribution in [0.1, 0.15) is 12.8 Å². The Bertz CT molecular complexity index is 97.7. The van der Waals surface area contributed by atoms with Crippen molar-refractivity contribution in [2.24, 2.45) is 5.73 Å². The van der Waals surface area contributed by atoms with Crippen LogP contribution in [0.25, 0.3) is 0 Å². The highest BCUT2D eigenvalue weighted by Crippen LogP contribution is 1.89. The minimum atomic E-state index is -0.307. The van der Waals surface area contributed by atoms with Crippen molar-refractivity contribution in [3.05, 3.63) is 0 Å². The number of hydrogen-bond donors (Lipinski definition) is 1. The van der Waals surface area contributed by atoms with Crippen molar-refractivity contribution >= 4 is 21.8 Å². The Kier molecular flexibility index (Phi) is 6.96. The predicted molar refractivity (Wildman–Crippen MR) is 43.0 cm³/mol. The van der Waals surface area contributed by atoms with E-state index in [2.05, 4.69) is 15.9 Å². The molecule has 10 heavy (non-hydrogen) atoms. The Balaban J connectivity index is 2.84. The molecule has 60 valence electrons. The minimum absolute atomic E-state index is 0.307. The lowest BCUT2D eigenvalue weighted by Crippen LogP contribution is -2.13. The topological polar surface area (TPSA) is 52.3 Å². The molecule has 0 bridgehead atoms. The molecule has 2 N–H and O–H groups in total. The molecule has 0 spiro atoms. The first-order valence-electron chi connectivity index (χ1n) is 3.19. The van der Waals surface area contributed by atoms with Gasteiger partial charge in [-0.05, 0) is 6.42 Å². The molecule has 0 aromatic carbocycles. The number of hydrogen-bond acceptors (Lipinski definition) is 2. The van der Waals surface area contributed by atoms with E-state index in [1.807, 2.05) is 0 Å². The maximum Gasteiger partial charge on any atom is 0.219 e. The van der Waals surface area contributed by atoms with Gasteiger partial charge in [-0.2, -0.15) is 0 Å². The van der Waals surface area contributed by atoms with E-state index in [0.717, 1.165) is 11.8 Å². The number of carbonyl (C=O) groups excluding carboxylic acids is 1. The SMILES string of the molecule is NC(=O)CCOCCCBr. The van der Waals surface area contributed by atoms with Gasteiger partial charge in [0.05, 0.1) is 6.61 Å². The standard InChI is InChI=1S/C6H12BrNO2/c7-3-1-4-10-5-2-6(8)9/h1-5H2,(H2,8,9). The summed E-state index contributed by atoms with van der Waals surface area (Å²) in [5, 5.41) is 0.934. The number of primary amides is 1. The van der Waals surface area contributed by atoms with Crippen LogP contribution < -0.4 is 5.73 Å². The number of ether oxygens (including phenoxy) is 1. The van der Waals surface area contributed by atoms with Crippen LogP contribution in [0.4, 0.5) is 0 Å². The molecular formula is C6H12BrNO2. The van der Waals surface area contributed by atoms with E-state index in [9.17, 15) is 4.79 Å². The van der Waals surface area contributed by atoms with Crippen molar-refractivity contribution in [2.75, 3.05) is 18.5 Å². The zero-order chi connectivity index (χ0) is 7.82. The molecule has 0 saturated carbocycles. The Morgan fingerprint density at radius 1 is 1.50 bits per heavy atom. The van der Waals surface area contributed by atoms with E-state index in [4.69, 9.17) is 10.5 Å². The molecule has 0 rings (SSSR count). The van der Waals surface area contributed by atoms with Crippen molar-refractivity contribution in [3.63, 3.8) is 0 Å². The fourth-order valence-electron chi connectivity index (χ4n) is 0.431. The number of rotatable bonds is 6. The predicted octanol–water partition coefficient (Wildman–Crippen LogP) is 0.663. The first-order valence-corrected chi connectivity index (χ1v) is 4.31. The summed E-state index contributed by atoms with van der Waals surface area (Å²) in [5.41, 5.74) is 4.88. The second-order valence-corrected chi connectivity index (χ2v) is 2.66. The molecule has 0 aliphatic rings. The number of alkyl halides is 1. The number of carbonyl (C=O) groups is 1. The van der Waals surface area contributed by atoms with Gasteiger partial charge < -0.3 is 10.5 Å². The average molecular weight is 210 g/mol. The lowest BCUT2D eigenvalue weighted by atomic mass is 10.4. The summed E-state index contributed by atoms with van der Waals surface area (Å²) in [6.07, 6.45) is 1.29. The van der Waals surface area contributed by atoms with Crippen LogP contribution in [0.2, 0.25) is 0 Å². The average Bonchev–Trinajstić information content (AvgIpc) is 1.87. The third-order valence-corrected chi connectivity index (χ3v) is 1.48. The van der Waals surface area contributed by atoms with Gasteiger partial charge in [0.1, 0.15) is 0 Å². The van der Waals surface area contributed by atoms with Crippen LogP contribution in [0, 0.1) is 0 Å². The van der Waals surface area contributed by atoms with E-state index in [1.165, 1.54) is 0 Å². The Morgan fingerprint density at radius 2 is 2.20 bits per heavy atom. The Hall–Kier alpha value is -0.0900. The van der Waals surface area contributed by atoms with Gasteiger partial charge in [0.25, 0.3) is 0 Å². The van der Waals surface area contributed by atoms with E-state index in [-0.39, 0.29) is 5.91 Å². The fourth-order valence-corrected chi connectivity index (χ4v) is 0.660. The lowest BCUT2D eigenvalue weighted by Gasteiger charge is -1.98. The van der Waals surface area contributed by atoms with Crippen LogP contribution in [0.5, 0.6) is 0 Å². The second kappa shape index (κ2) is 7.02. The number of amides is 1. The van der Waals surface area contributed by atoms with Gasteiger partial charge in [0.2, 0.25) is 5.91 Å². The molecule has 0 atom stereocenters. The monoisotopic (exact) mass is 209 g/mol. The lowest BCUT2D eigenvalue weighted by molar-refractivity contribution is -0.119. The van der Waals surface area contributed by atoms with Crippen molar-refractivity contribution in [1.82, 2.24) is 0 Å². The van der Waals surface area contributed by atoms with Crippen molar-refractivity contribution < 1.29 is 9.53 Å². The summed E-state index contributed by atoms with van der Waals surface area (Å²) in [6, 6.07) is 0. The Morgan fingerprint density at radius 3 is 2.70 bits per heavy atom.